The molecule has 4 rings (SSSR count). The number of unbranched alkanes of at least 4 members (excludes halogenated alkanes) is 1. The number of hydrogen-bond acceptors (Lipinski definition) is 7. The molecule has 0 aliphatic carbocycles. The summed E-state index contributed by atoms with van der Waals surface area (Å²) in [6.07, 6.45) is 0.352. The van der Waals surface area contributed by atoms with Gasteiger partial charge in [0, 0.05) is 19.6 Å². The lowest BCUT2D eigenvalue weighted by Crippen LogP contribution is -2.37. The van der Waals surface area contributed by atoms with E-state index in [1.165, 1.54) is 0 Å². The van der Waals surface area contributed by atoms with E-state index in [-0.39, 0.29) is 13.0 Å². The van der Waals surface area contributed by atoms with Crippen LogP contribution < -0.4 is 18.9 Å². The van der Waals surface area contributed by atoms with Gasteiger partial charge in [-0.1, -0.05) is 48.5 Å². The highest BCUT2D eigenvalue weighted by Crippen LogP contribution is 2.24. The van der Waals surface area contributed by atoms with Crippen molar-refractivity contribution in [2.45, 2.75) is 32.3 Å². The SMILES string of the molecule is CCOC(Cc1ccc(OCCN(CCCCOc2ccccc2)C(=O)Oc2ccc(Oc3ccccc3)cc2)cc1)C(=O)O. The monoisotopic (exact) mass is 613 g/mol. The molecule has 0 aliphatic rings. The Kier molecular flexibility index (Phi) is 13.1. The molecule has 0 fully saturated rings. The van der Waals surface area contributed by atoms with Gasteiger partial charge in [0.05, 0.1) is 13.2 Å². The molecule has 236 valence electrons. The summed E-state index contributed by atoms with van der Waals surface area (Å²) in [4.78, 5) is 26.2. The van der Waals surface area contributed by atoms with Crippen molar-refractivity contribution in [3.8, 4) is 28.7 Å². The molecule has 4 aromatic carbocycles. The first-order chi connectivity index (χ1) is 22.0. The van der Waals surface area contributed by atoms with Gasteiger partial charge < -0.3 is 33.7 Å². The van der Waals surface area contributed by atoms with Gasteiger partial charge in [0.15, 0.2) is 6.10 Å². The van der Waals surface area contributed by atoms with E-state index in [1.54, 1.807) is 48.2 Å². The van der Waals surface area contributed by atoms with Crippen molar-refractivity contribution in [3.63, 3.8) is 0 Å². The zero-order valence-corrected chi connectivity index (χ0v) is 25.4. The summed E-state index contributed by atoms with van der Waals surface area (Å²) >= 11 is 0. The van der Waals surface area contributed by atoms with E-state index in [4.69, 9.17) is 23.7 Å². The third-order valence-electron chi connectivity index (χ3n) is 6.72. The Morgan fingerprint density at radius 1 is 0.667 bits per heavy atom. The standard InChI is InChI=1S/C36H39NO8/c1-2-41-34(35(38)39)27-28-15-17-30(18-16-28)43-26-24-37(23-9-10-25-42-29-11-5-3-6-12-29)36(40)45-33-21-19-32(20-22-33)44-31-13-7-4-8-14-31/h3-8,11-22,34H,2,9-10,23-27H2,1H3,(H,38,39). The molecule has 0 aliphatic heterocycles. The Hall–Kier alpha value is -5.02. The fourth-order valence-electron chi connectivity index (χ4n) is 4.40. The molecule has 0 radical (unpaired) electrons. The second-order valence-corrected chi connectivity index (χ2v) is 10.1. The predicted octanol–water partition coefficient (Wildman–Crippen LogP) is 7.25. The molecule has 0 heterocycles. The Labute approximate surface area is 263 Å². The second kappa shape index (κ2) is 17.9. The molecule has 1 unspecified atom stereocenters. The maximum atomic E-state index is 13.2. The van der Waals surface area contributed by atoms with Crippen molar-refractivity contribution >= 4 is 12.1 Å². The summed E-state index contributed by atoms with van der Waals surface area (Å²) in [5.74, 6) is 2.18. The molecule has 0 saturated carbocycles. The molecule has 1 amide bonds. The lowest BCUT2D eigenvalue weighted by molar-refractivity contribution is -0.149. The molecule has 4 aromatic rings. The van der Waals surface area contributed by atoms with E-state index in [9.17, 15) is 14.7 Å². The number of carboxylic acid groups (broad SMARTS) is 1. The maximum Gasteiger partial charge on any atom is 0.415 e. The average molecular weight is 614 g/mol. The summed E-state index contributed by atoms with van der Waals surface area (Å²) in [5, 5.41) is 9.33. The first kappa shape index (κ1) is 32.9. The van der Waals surface area contributed by atoms with Gasteiger partial charge in [-0.25, -0.2) is 9.59 Å². The fraction of sp³-hybridized carbons (Fsp3) is 0.278. The van der Waals surface area contributed by atoms with Gasteiger partial charge >= 0.3 is 12.1 Å². The number of carbonyl (C=O) groups is 2. The van der Waals surface area contributed by atoms with E-state index in [0.717, 1.165) is 17.7 Å². The number of ether oxygens (including phenoxy) is 5. The molecule has 1 N–H and O–H groups in total. The topological polar surface area (TPSA) is 104 Å². The van der Waals surface area contributed by atoms with E-state index in [0.29, 0.717) is 55.7 Å². The minimum absolute atomic E-state index is 0.246. The van der Waals surface area contributed by atoms with Crippen molar-refractivity contribution in [1.82, 2.24) is 4.90 Å². The number of nitrogens with zero attached hydrogens (tertiary/aromatic N) is 1. The Balaban J connectivity index is 1.30. The van der Waals surface area contributed by atoms with Crippen LogP contribution in [0.1, 0.15) is 25.3 Å². The molecule has 0 spiro atoms. The highest BCUT2D eigenvalue weighted by atomic mass is 16.6. The molecule has 45 heavy (non-hydrogen) atoms. The number of para-hydroxylation sites is 2. The van der Waals surface area contributed by atoms with Crippen LogP contribution in [-0.2, 0) is 16.0 Å². The van der Waals surface area contributed by atoms with Gasteiger partial charge in [0.25, 0.3) is 0 Å². The minimum Gasteiger partial charge on any atom is -0.494 e. The first-order valence-electron chi connectivity index (χ1n) is 15.0. The maximum absolute atomic E-state index is 13.2. The van der Waals surface area contributed by atoms with Crippen LogP contribution in [0, 0.1) is 0 Å². The predicted molar refractivity (Wildman–Crippen MR) is 170 cm³/mol. The molecule has 9 nitrogen and oxygen atoms in total. The first-order valence-corrected chi connectivity index (χ1v) is 15.0. The molecular formula is C36H39NO8. The Morgan fingerprint density at radius 2 is 1.22 bits per heavy atom. The zero-order valence-electron chi connectivity index (χ0n) is 25.4. The number of amides is 1. The average Bonchev–Trinajstić information content (AvgIpc) is 3.06. The number of aliphatic carboxylic acids is 1. The van der Waals surface area contributed by atoms with Crippen LogP contribution in [0.15, 0.2) is 109 Å². The quantitative estimate of drug-likeness (QED) is 0.117. The normalized spacial score (nSPS) is 11.3. The summed E-state index contributed by atoms with van der Waals surface area (Å²) < 4.78 is 28.5. The number of benzene rings is 4. The summed E-state index contributed by atoms with van der Waals surface area (Å²) in [5.41, 5.74) is 0.825. The van der Waals surface area contributed by atoms with Crippen molar-refractivity contribution in [2.75, 3.05) is 32.9 Å². The van der Waals surface area contributed by atoms with Crippen LogP contribution in [0.2, 0.25) is 0 Å². The number of carbonyl (C=O) groups excluding carboxylic acids is 1. The molecule has 0 saturated heterocycles. The van der Waals surface area contributed by atoms with E-state index >= 15 is 0 Å². The van der Waals surface area contributed by atoms with Crippen LogP contribution in [-0.4, -0.2) is 61.1 Å². The molecular weight excluding hydrogens is 574 g/mol. The minimum atomic E-state index is -0.993. The Morgan fingerprint density at radius 3 is 1.87 bits per heavy atom. The second-order valence-electron chi connectivity index (χ2n) is 10.1. The molecule has 9 heteroatoms. The Bertz CT molecular complexity index is 1430. The van der Waals surface area contributed by atoms with Crippen LogP contribution in [0.5, 0.6) is 28.7 Å². The van der Waals surface area contributed by atoms with E-state index in [1.807, 2.05) is 72.8 Å². The van der Waals surface area contributed by atoms with E-state index < -0.39 is 18.2 Å². The third kappa shape index (κ3) is 11.5. The molecule has 0 aromatic heterocycles. The van der Waals surface area contributed by atoms with Gasteiger partial charge in [-0.2, -0.15) is 0 Å². The third-order valence-corrected chi connectivity index (χ3v) is 6.72. The van der Waals surface area contributed by atoms with Crippen molar-refractivity contribution < 1.29 is 38.4 Å². The largest absolute Gasteiger partial charge is 0.494 e. The van der Waals surface area contributed by atoms with Crippen LogP contribution >= 0.6 is 0 Å². The molecule has 1 atom stereocenters. The number of carboxylic acids is 1. The fourth-order valence-corrected chi connectivity index (χ4v) is 4.40. The van der Waals surface area contributed by atoms with Crippen LogP contribution in [0.3, 0.4) is 0 Å². The van der Waals surface area contributed by atoms with Gasteiger partial charge in [-0.3, -0.25) is 0 Å². The van der Waals surface area contributed by atoms with Gasteiger partial charge in [0.1, 0.15) is 35.4 Å². The van der Waals surface area contributed by atoms with Gasteiger partial charge in [-0.05, 0) is 86.0 Å². The highest BCUT2D eigenvalue weighted by Gasteiger charge is 2.18. The van der Waals surface area contributed by atoms with Gasteiger partial charge in [0.2, 0.25) is 0 Å². The summed E-state index contributed by atoms with van der Waals surface area (Å²) in [6, 6.07) is 33.1. The lowest BCUT2D eigenvalue weighted by Gasteiger charge is -2.22. The smallest absolute Gasteiger partial charge is 0.415 e. The van der Waals surface area contributed by atoms with Crippen LogP contribution in [0.4, 0.5) is 4.79 Å². The summed E-state index contributed by atoms with van der Waals surface area (Å²) in [6.45, 7) is 3.64. The van der Waals surface area contributed by atoms with Crippen molar-refractivity contribution in [2.24, 2.45) is 0 Å². The van der Waals surface area contributed by atoms with E-state index in [2.05, 4.69) is 0 Å². The highest BCUT2D eigenvalue weighted by molar-refractivity contribution is 5.72. The van der Waals surface area contributed by atoms with Crippen molar-refractivity contribution in [1.29, 1.82) is 0 Å². The zero-order chi connectivity index (χ0) is 31.7. The summed E-state index contributed by atoms with van der Waals surface area (Å²) in [7, 11) is 0. The van der Waals surface area contributed by atoms with Gasteiger partial charge in [-0.15, -0.1) is 0 Å². The van der Waals surface area contributed by atoms with Crippen molar-refractivity contribution in [3.05, 3.63) is 115 Å². The van der Waals surface area contributed by atoms with Crippen LogP contribution in [0.25, 0.3) is 0 Å². The number of rotatable bonds is 18. The lowest BCUT2D eigenvalue weighted by atomic mass is 10.1. The number of hydrogen-bond donors (Lipinski definition) is 1. The molecule has 0 bridgehead atoms.